The Hall–Kier alpha value is -3.13. The number of aromatic nitrogens is 3. The van der Waals surface area contributed by atoms with Gasteiger partial charge in [-0.1, -0.05) is 19.9 Å². The van der Waals surface area contributed by atoms with Crippen LogP contribution in [-0.4, -0.2) is 64.7 Å². The number of carboxylic acid groups (broad SMARTS) is 1. The van der Waals surface area contributed by atoms with E-state index in [1.165, 1.54) is 0 Å². The molecule has 170 valence electrons. The molecular weight excluding hydrogens is 406 g/mol. The van der Waals surface area contributed by atoms with Crippen molar-refractivity contribution in [1.82, 2.24) is 14.8 Å². The number of carbonyl (C=O) groups is 1. The second-order valence-corrected chi connectivity index (χ2v) is 9.01. The third-order valence-corrected chi connectivity index (χ3v) is 6.21. The zero-order chi connectivity index (χ0) is 23.0. The van der Waals surface area contributed by atoms with E-state index in [0.717, 1.165) is 54.1 Å². The van der Waals surface area contributed by atoms with Crippen molar-refractivity contribution in [3.8, 4) is 5.69 Å². The van der Waals surface area contributed by atoms with Crippen molar-refractivity contribution >= 4 is 28.4 Å². The Balaban J connectivity index is 1.95. The van der Waals surface area contributed by atoms with E-state index in [0.29, 0.717) is 11.6 Å². The summed E-state index contributed by atoms with van der Waals surface area (Å²) in [5.74, 6) is -0.620. The fourth-order valence-corrected chi connectivity index (χ4v) is 4.33. The first kappa shape index (κ1) is 22.1. The lowest BCUT2D eigenvalue weighted by Crippen LogP contribution is -2.35. The van der Waals surface area contributed by atoms with Crippen molar-refractivity contribution in [2.75, 3.05) is 43.6 Å². The lowest BCUT2D eigenvalue weighted by Gasteiger charge is -2.33. The van der Waals surface area contributed by atoms with Crippen LogP contribution in [0.25, 0.3) is 16.7 Å². The van der Waals surface area contributed by atoms with Crippen molar-refractivity contribution in [3.63, 3.8) is 0 Å². The van der Waals surface area contributed by atoms with Crippen LogP contribution in [0.4, 0.5) is 11.4 Å². The summed E-state index contributed by atoms with van der Waals surface area (Å²) < 4.78 is 1.77. The smallest absolute Gasteiger partial charge is 0.354 e. The molecule has 3 aromatic rings. The SMILES string of the molecule is CC(C)c1nn(-c2cccc(N(C)C)c2)c2nc(C(=O)O)cc(N3CCC(CO)CC3)c12. The van der Waals surface area contributed by atoms with Gasteiger partial charge in [0.1, 0.15) is 0 Å². The number of nitrogens with zero attached hydrogens (tertiary/aromatic N) is 5. The molecule has 4 rings (SSSR count). The Morgan fingerprint density at radius 2 is 1.94 bits per heavy atom. The molecule has 1 aliphatic heterocycles. The van der Waals surface area contributed by atoms with E-state index < -0.39 is 5.97 Å². The first-order valence-electron chi connectivity index (χ1n) is 11.1. The third-order valence-electron chi connectivity index (χ3n) is 6.21. The van der Waals surface area contributed by atoms with Crippen LogP contribution in [0.15, 0.2) is 30.3 Å². The van der Waals surface area contributed by atoms with E-state index in [9.17, 15) is 15.0 Å². The van der Waals surface area contributed by atoms with Gasteiger partial charge in [-0.05, 0) is 48.9 Å². The maximum absolute atomic E-state index is 12.0. The highest BCUT2D eigenvalue weighted by molar-refractivity contribution is 5.98. The van der Waals surface area contributed by atoms with Gasteiger partial charge < -0.3 is 20.0 Å². The summed E-state index contributed by atoms with van der Waals surface area (Å²) in [6.07, 6.45) is 1.75. The first-order chi connectivity index (χ1) is 15.3. The monoisotopic (exact) mass is 437 g/mol. The molecule has 1 fully saturated rings. The van der Waals surface area contributed by atoms with Crippen molar-refractivity contribution < 1.29 is 15.0 Å². The number of rotatable bonds is 6. The molecule has 0 unspecified atom stereocenters. The number of hydrogen-bond acceptors (Lipinski definition) is 6. The van der Waals surface area contributed by atoms with Gasteiger partial charge in [0.15, 0.2) is 11.3 Å². The van der Waals surface area contributed by atoms with Gasteiger partial charge in [-0.3, -0.25) is 0 Å². The first-order valence-corrected chi connectivity index (χ1v) is 11.1. The van der Waals surface area contributed by atoms with Crippen LogP contribution >= 0.6 is 0 Å². The minimum atomic E-state index is -1.06. The van der Waals surface area contributed by atoms with Crippen molar-refractivity contribution in [3.05, 3.63) is 41.7 Å². The van der Waals surface area contributed by atoms with Crippen LogP contribution in [-0.2, 0) is 0 Å². The predicted molar refractivity (Wildman–Crippen MR) is 126 cm³/mol. The molecule has 0 bridgehead atoms. The van der Waals surface area contributed by atoms with Gasteiger partial charge in [-0.25, -0.2) is 14.5 Å². The molecular formula is C24H31N5O3. The number of carboxylic acids is 1. The van der Waals surface area contributed by atoms with Gasteiger partial charge in [0.25, 0.3) is 0 Å². The Morgan fingerprint density at radius 3 is 2.53 bits per heavy atom. The Kier molecular flexibility index (Phi) is 6.06. The topological polar surface area (TPSA) is 94.7 Å². The molecule has 8 nitrogen and oxygen atoms in total. The summed E-state index contributed by atoms with van der Waals surface area (Å²) >= 11 is 0. The summed E-state index contributed by atoms with van der Waals surface area (Å²) in [5.41, 5.74) is 4.20. The highest BCUT2D eigenvalue weighted by Crippen LogP contribution is 2.36. The molecule has 0 saturated carbocycles. The highest BCUT2D eigenvalue weighted by Gasteiger charge is 2.27. The number of benzene rings is 1. The summed E-state index contributed by atoms with van der Waals surface area (Å²) in [6, 6.07) is 9.65. The van der Waals surface area contributed by atoms with E-state index in [1.807, 2.05) is 43.3 Å². The van der Waals surface area contributed by atoms with Gasteiger partial charge in [0.2, 0.25) is 0 Å². The zero-order valence-corrected chi connectivity index (χ0v) is 19.1. The number of fused-ring (bicyclic) bond motifs is 1. The van der Waals surface area contributed by atoms with Gasteiger partial charge in [0, 0.05) is 39.5 Å². The number of aromatic carboxylic acids is 1. The minimum Gasteiger partial charge on any atom is -0.477 e. The molecule has 1 saturated heterocycles. The Labute approximate surface area is 188 Å². The number of piperidine rings is 1. The van der Waals surface area contributed by atoms with Crippen LogP contribution in [0.5, 0.6) is 0 Å². The van der Waals surface area contributed by atoms with Crippen LogP contribution < -0.4 is 9.80 Å². The van der Waals surface area contributed by atoms with E-state index in [-0.39, 0.29) is 18.2 Å². The van der Waals surface area contributed by atoms with Crippen molar-refractivity contribution in [1.29, 1.82) is 0 Å². The molecule has 3 heterocycles. The quantitative estimate of drug-likeness (QED) is 0.609. The molecule has 0 atom stereocenters. The van der Waals surface area contributed by atoms with Crippen LogP contribution in [0, 0.1) is 5.92 Å². The lowest BCUT2D eigenvalue weighted by atomic mass is 9.96. The average Bonchev–Trinajstić information content (AvgIpc) is 3.18. The molecule has 0 aliphatic carbocycles. The fraction of sp³-hybridized carbons (Fsp3) is 0.458. The highest BCUT2D eigenvalue weighted by atomic mass is 16.4. The fourth-order valence-electron chi connectivity index (χ4n) is 4.33. The van der Waals surface area contributed by atoms with Gasteiger partial charge in [-0.15, -0.1) is 0 Å². The van der Waals surface area contributed by atoms with Crippen LogP contribution in [0.3, 0.4) is 0 Å². The maximum atomic E-state index is 12.0. The second kappa shape index (κ2) is 8.78. The van der Waals surface area contributed by atoms with E-state index in [4.69, 9.17) is 5.10 Å². The molecule has 2 N–H and O–H groups in total. The van der Waals surface area contributed by atoms with Crippen molar-refractivity contribution in [2.24, 2.45) is 5.92 Å². The maximum Gasteiger partial charge on any atom is 0.354 e. The normalized spacial score (nSPS) is 15.0. The number of pyridine rings is 1. The summed E-state index contributed by atoms with van der Waals surface area (Å²) in [4.78, 5) is 20.7. The standard InChI is InChI=1S/C24H31N5O3/c1-15(2)22-21-20(28-10-8-16(14-30)9-11-28)13-19(24(31)32)25-23(21)29(26-22)18-7-5-6-17(12-18)27(3)4/h5-7,12-13,15-16,30H,8-11,14H2,1-4H3,(H,31,32). The molecule has 8 heteroatoms. The molecule has 1 aliphatic rings. The zero-order valence-electron chi connectivity index (χ0n) is 19.1. The largest absolute Gasteiger partial charge is 0.477 e. The number of hydrogen-bond donors (Lipinski definition) is 2. The van der Waals surface area contributed by atoms with Crippen LogP contribution in [0.1, 0.15) is 48.8 Å². The summed E-state index contributed by atoms with van der Waals surface area (Å²) in [5, 5.41) is 25.1. The molecule has 0 radical (unpaired) electrons. The van der Waals surface area contributed by atoms with Gasteiger partial charge >= 0.3 is 5.97 Å². The molecule has 32 heavy (non-hydrogen) atoms. The van der Waals surface area contributed by atoms with Crippen molar-refractivity contribution in [2.45, 2.75) is 32.6 Å². The number of aliphatic hydroxyl groups is 1. The lowest BCUT2D eigenvalue weighted by molar-refractivity contribution is 0.0691. The Morgan fingerprint density at radius 1 is 1.22 bits per heavy atom. The molecule has 1 aromatic carbocycles. The average molecular weight is 438 g/mol. The van der Waals surface area contributed by atoms with E-state index in [2.05, 4.69) is 23.7 Å². The van der Waals surface area contributed by atoms with E-state index >= 15 is 0 Å². The van der Waals surface area contributed by atoms with Gasteiger partial charge in [-0.2, -0.15) is 5.10 Å². The number of anilines is 2. The predicted octanol–water partition coefficient (Wildman–Crippen LogP) is 3.52. The molecule has 0 amide bonds. The molecule has 0 spiro atoms. The summed E-state index contributed by atoms with van der Waals surface area (Å²) in [6.45, 7) is 5.91. The minimum absolute atomic E-state index is 0.0111. The Bertz CT molecular complexity index is 1130. The van der Waals surface area contributed by atoms with Gasteiger partial charge in [0.05, 0.1) is 22.5 Å². The third kappa shape index (κ3) is 4.02. The summed E-state index contributed by atoms with van der Waals surface area (Å²) in [7, 11) is 3.96. The number of aliphatic hydroxyl groups excluding tert-OH is 1. The van der Waals surface area contributed by atoms with Crippen LogP contribution in [0.2, 0.25) is 0 Å². The van der Waals surface area contributed by atoms with E-state index in [1.54, 1.807) is 10.7 Å². The molecule has 2 aromatic heterocycles. The second-order valence-electron chi connectivity index (χ2n) is 9.01.